The zero-order valence-corrected chi connectivity index (χ0v) is 19.0. The predicted octanol–water partition coefficient (Wildman–Crippen LogP) is 3.41. The fourth-order valence-electron chi connectivity index (χ4n) is 3.61. The maximum Gasteiger partial charge on any atom is 0.268 e. The fourth-order valence-corrected chi connectivity index (χ4v) is 4.08. The smallest absolute Gasteiger partial charge is 0.268 e. The van der Waals surface area contributed by atoms with Crippen molar-refractivity contribution < 1.29 is 23.8 Å². The fraction of sp³-hybridized carbons (Fsp3) is 0.304. The van der Waals surface area contributed by atoms with Gasteiger partial charge in [0.25, 0.3) is 5.91 Å². The van der Waals surface area contributed by atoms with Gasteiger partial charge in [0.15, 0.2) is 11.5 Å². The van der Waals surface area contributed by atoms with Crippen LogP contribution in [0, 0.1) is 0 Å². The normalized spacial score (nSPS) is 13.1. The third-order valence-electron chi connectivity index (χ3n) is 5.35. The highest BCUT2D eigenvalue weighted by molar-refractivity contribution is 7.98. The number of aromatic nitrogens is 1. The molecule has 0 bridgehead atoms. The van der Waals surface area contributed by atoms with Gasteiger partial charge < -0.3 is 29.4 Å². The van der Waals surface area contributed by atoms with Crippen molar-refractivity contribution in [2.45, 2.75) is 12.5 Å². The molecule has 2 N–H and O–H groups in total. The highest BCUT2D eigenvalue weighted by Crippen LogP contribution is 2.34. The molecule has 9 heteroatoms. The summed E-state index contributed by atoms with van der Waals surface area (Å²) in [6.45, 7) is 0.163. The highest BCUT2D eigenvalue weighted by atomic mass is 32.2. The topological polar surface area (TPSA) is 90.8 Å². The van der Waals surface area contributed by atoms with Gasteiger partial charge in [-0.15, -0.1) is 0 Å². The van der Waals surface area contributed by atoms with E-state index in [1.807, 2.05) is 36.1 Å². The van der Waals surface area contributed by atoms with Crippen LogP contribution in [-0.4, -0.2) is 48.3 Å². The molecule has 1 aliphatic heterocycles. The van der Waals surface area contributed by atoms with Gasteiger partial charge >= 0.3 is 0 Å². The SMILES string of the molecule is COc1ccc2c(c1)cc(C(=O)N[C@@H](CCSC)C(=O)Nc1ccc3c(c1)OCO3)n2C. The second-order valence-corrected chi connectivity index (χ2v) is 8.36. The van der Waals surface area contributed by atoms with Gasteiger partial charge in [-0.2, -0.15) is 11.8 Å². The van der Waals surface area contributed by atoms with Crippen LogP contribution in [0.4, 0.5) is 5.69 Å². The van der Waals surface area contributed by atoms with Crippen molar-refractivity contribution in [3.05, 3.63) is 48.2 Å². The number of carbonyl (C=O) groups excluding carboxylic acids is 2. The van der Waals surface area contributed by atoms with Gasteiger partial charge in [0.05, 0.1) is 7.11 Å². The van der Waals surface area contributed by atoms with E-state index >= 15 is 0 Å². The standard InChI is InChI=1S/C23H25N3O5S/c1-26-18-6-5-16(29-2)10-14(18)11-19(26)23(28)25-17(8-9-32-3)22(27)24-15-4-7-20-21(12-15)31-13-30-20/h4-7,10-12,17H,8-9,13H2,1-3H3,(H,24,27)(H,25,28)/t17-/m0/s1. The van der Waals surface area contributed by atoms with E-state index in [2.05, 4.69) is 10.6 Å². The number of ether oxygens (including phenoxy) is 3. The first kappa shape index (κ1) is 21.9. The van der Waals surface area contributed by atoms with Crippen LogP contribution < -0.4 is 24.8 Å². The molecule has 1 atom stereocenters. The number of rotatable bonds is 8. The Bertz CT molecular complexity index is 1160. The van der Waals surface area contributed by atoms with Crippen molar-refractivity contribution in [2.75, 3.05) is 31.2 Å². The van der Waals surface area contributed by atoms with Crippen molar-refractivity contribution in [3.63, 3.8) is 0 Å². The molecular weight excluding hydrogens is 430 g/mol. The summed E-state index contributed by atoms with van der Waals surface area (Å²) in [4.78, 5) is 26.1. The van der Waals surface area contributed by atoms with Gasteiger partial charge in [0.2, 0.25) is 12.7 Å². The van der Waals surface area contributed by atoms with Crippen molar-refractivity contribution in [1.82, 2.24) is 9.88 Å². The number of methoxy groups -OCH3 is 1. The molecule has 0 spiro atoms. The number of nitrogens with one attached hydrogen (secondary N) is 2. The number of carbonyl (C=O) groups is 2. The lowest BCUT2D eigenvalue weighted by molar-refractivity contribution is -0.118. The number of thioether (sulfide) groups is 1. The summed E-state index contributed by atoms with van der Waals surface area (Å²) in [7, 11) is 3.43. The number of hydrogen-bond donors (Lipinski definition) is 2. The van der Waals surface area contributed by atoms with Crippen molar-refractivity contribution in [2.24, 2.45) is 7.05 Å². The summed E-state index contributed by atoms with van der Waals surface area (Å²) in [5, 5.41) is 6.66. The largest absolute Gasteiger partial charge is 0.497 e. The van der Waals surface area contributed by atoms with Crippen LogP contribution in [0.1, 0.15) is 16.9 Å². The lowest BCUT2D eigenvalue weighted by atomic mass is 10.2. The first-order valence-electron chi connectivity index (χ1n) is 10.1. The summed E-state index contributed by atoms with van der Waals surface area (Å²) in [6, 6.07) is 12.0. The van der Waals surface area contributed by atoms with Gasteiger partial charge in [-0.05, 0) is 54.8 Å². The molecule has 3 aromatic rings. The zero-order chi connectivity index (χ0) is 22.7. The molecule has 1 aliphatic rings. The van der Waals surface area contributed by atoms with E-state index in [1.54, 1.807) is 43.1 Å². The molecule has 0 fully saturated rings. The van der Waals surface area contributed by atoms with Crippen LogP contribution in [0.2, 0.25) is 0 Å². The maximum atomic E-state index is 13.1. The Labute approximate surface area is 190 Å². The summed E-state index contributed by atoms with van der Waals surface area (Å²) >= 11 is 1.62. The molecule has 1 aromatic heterocycles. The Morgan fingerprint density at radius 3 is 2.75 bits per heavy atom. The van der Waals surface area contributed by atoms with Crippen LogP contribution in [0.5, 0.6) is 17.2 Å². The second-order valence-electron chi connectivity index (χ2n) is 7.38. The Morgan fingerprint density at radius 1 is 1.16 bits per heavy atom. The molecule has 0 radical (unpaired) electrons. The van der Waals surface area contributed by atoms with Gasteiger partial charge in [0, 0.05) is 29.7 Å². The van der Waals surface area contributed by atoms with Gasteiger partial charge in [0.1, 0.15) is 17.5 Å². The summed E-state index contributed by atoms with van der Waals surface area (Å²) in [5.74, 6) is 2.07. The molecule has 0 aliphatic carbocycles. The summed E-state index contributed by atoms with van der Waals surface area (Å²) < 4.78 is 17.8. The van der Waals surface area contributed by atoms with Crippen molar-refractivity contribution in [3.8, 4) is 17.2 Å². The van der Waals surface area contributed by atoms with E-state index in [-0.39, 0.29) is 18.6 Å². The van der Waals surface area contributed by atoms with Crippen LogP contribution in [0.3, 0.4) is 0 Å². The van der Waals surface area contributed by atoms with E-state index in [0.717, 1.165) is 22.4 Å². The van der Waals surface area contributed by atoms with Crippen LogP contribution in [0.25, 0.3) is 10.9 Å². The third kappa shape index (κ3) is 4.47. The average molecular weight is 456 g/mol. The molecule has 0 saturated heterocycles. The maximum absolute atomic E-state index is 13.1. The molecule has 32 heavy (non-hydrogen) atoms. The molecular formula is C23H25N3O5S. The first-order chi connectivity index (χ1) is 15.5. The van der Waals surface area contributed by atoms with Gasteiger partial charge in [-0.3, -0.25) is 9.59 Å². The molecule has 0 saturated carbocycles. The molecule has 4 rings (SSSR count). The number of anilines is 1. The lowest BCUT2D eigenvalue weighted by Crippen LogP contribution is -2.44. The molecule has 2 amide bonds. The first-order valence-corrected chi connectivity index (χ1v) is 11.5. The minimum absolute atomic E-state index is 0.163. The minimum Gasteiger partial charge on any atom is -0.497 e. The van der Waals surface area contributed by atoms with Crippen LogP contribution in [0.15, 0.2) is 42.5 Å². The number of benzene rings is 2. The molecule has 2 heterocycles. The number of amides is 2. The predicted molar refractivity (Wildman–Crippen MR) is 125 cm³/mol. The monoisotopic (exact) mass is 455 g/mol. The van der Waals surface area contributed by atoms with Crippen molar-refractivity contribution >= 4 is 40.2 Å². The Morgan fingerprint density at radius 2 is 1.97 bits per heavy atom. The van der Waals surface area contributed by atoms with E-state index in [4.69, 9.17) is 14.2 Å². The average Bonchev–Trinajstić information content (AvgIpc) is 3.40. The van der Waals surface area contributed by atoms with E-state index in [1.165, 1.54) is 0 Å². The Balaban J connectivity index is 1.51. The molecule has 168 valence electrons. The van der Waals surface area contributed by atoms with E-state index < -0.39 is 6.04 Å². The van der Waals surface area contributed by atoms with Crippen LogP contribution in [-0.2, 0) is 11.8 Å². The highest BCUT2D eigenvalue weighted by Gasteiger charge is 2.24. The third-order valence-corrected chi connectivity index (χ3v) is 6.00. The Kier molecular flexibility index (Phi) is 6.45. The quantitative estimate of drug-likeness (QED) is 0.541. The molecule has 0 unspecified atom stereocenters. The lowest BCUT2D eigenvalue weighted by Gasteiger charge is -2.18. The Hall–Kier alpha value is -3.33. The second kappa shape index (κ2) is 9.44. The van der Waals surface area contributed by atoms with Crippen molar-refractivity contribution in [1.29, 1.82) is 0 Å². The summed E-state index contributed by atoms with van der Waals surface area (Å²) in [6.07, 6.45) is 2.47. The molecule has 2 aromatic carbocycles. The minimum atomic E-state index is -0.687. The van der Waals surface area contributed by atoms with Crippen LogP contribution >= 0.6 is 11.8 Å². The van der Waals surface area contributed by atoms with E-state index in [0.29, 0.717) is 29.3 Å². The number of aryl methyl sites for hydroxylation is 1. The number of fused-ring (bicyclic) bond motifs is 2. The molecule has 8 nitrogen and oxygen atoms in total. The van der Waals surface area contributed by atoms with Gasteiger partial charge in [-0.25, -0.2) is 0 Å². The zero-order valence-electron chi connectivity index (χ0n) is 18.1. The van der Waals surface area contributed by atoms with Gasteiger partial charge in [-0.1, -0.05) is 0 Å². The van der Waals surface area contributed by atoms with E-state index in [9.17, 15) is 9.59 Å². The summed E-state index contributed by atoms with van der Waals surface area (Å²) in [5.41, 5.74) is 1.96. The number of hydrogen-bond acceptors (Lipinski definition) is 6. The number of nitrogens with zero attached hydrogens (tertiary/aromatic N) is 1.